The third-order valence-corrected chi connectivity index (χ3v) is 3.37. The summed E-state index contributed by atoms with van der Waals surface area (Å²) in [6.45, 7) is 2.06. The highest BCUT2D eigenvalue weighted by atomic mass is 15.0. The van der Waals surface area contributed by atoms with E-state index in [4.69, 9.17) is 0 Å². The summed E-state index contributed by atoms with van der Waals surface area (Å²) in [5.41, 5.74) is 5.37. The monoisotopic (exact) mass is 248 g/mol. The summed E-state index contributed by atoms with van der Waals surface area (Å²) in [4.78, 5) is 11.9. The van der Waals surface area contributed by atoms with E-state index < -0.39 is 0 Å². The lowest BCUT2D eigenvalue weighted by Crippen LogP contribution is -1.85. The van der Waals surface area contributed by atoms with E-state index in [-0.39, 0.29) is 0 Å². The Hall–Kier alpha value is -2.62. The predicted octanol–water partition coefficient (Wildman–Crippen LogP) is 3.19. The van der Waals surface area contributed by atoms with E-state index in [1.54, 1.807) is 6.20 Å². The maximum absolute atomic E-state index is 4.40. The van der Waals surface area contributed by atoms with E-state index in [2.05, 4.69) is 40.2 Å². The third-order valence-electron chi connectivity index (χ3n) is 3.37. The van der Waals surface area contributed by atoms with Crippen molar-refractivity contribution in [2.75, 3.05) is 0 Å². The lowest BCUT2D eigenvalue weighted by Gasteiger charge is -2.01. The van der Waals surface area contributed by atoms with Crippen molar-refractivity contribution in [3.63, 3.8) is 0 Å². The number of hydrogen-bond acceptors (Lipinski definition) is 2. The average molecular weight is 248 g/mol. The van der Waals surface area contributed by atoms with Crippen LogP contribution in [0.4, 0.5) is 0 Å². The van der Waals surface area contributed by atoms with Crippen LogP contribution in [0.2, 0.25) is 0 Å². The van der Waals surface area contributed by atoms with Gasteiger partial charge in [0.15, 0.2) is 0 Å². The second kappa shape index (κ2) is 3.68. The van der Waals surface area contributed by atoms with Gasteiger partial charge in [0.25, 0.3) is 0 Å². The van der Waals surface area contributed by atoms with Gasteiger partial charge in [-0.2, -0.15) is 0 Å². The number of aromatic amines is 1. The minimum absolute atomic E-state index is 0.923. The van der Waals surface area contributed by atoms with Crippen LogP contribution in [0.25, 0.3) is 27.8 Å². The lowest BCUT2D eigenvalue weighted by atomic mass is 10.1. The first-order chi connectivity index (χ1) is 9.31. The van der Waals surface area contributed by atoms with E-state index in [0.717, 1.165) is 27.8 Å². The van der Waals surface area contributed by atoms with Crippen molar-refractivity contribution in [3.05, 3.63) is 54.7 Å². The van der Waals surface area contributed by atoms with Crippen LogP contribution in [0.15, 0.2) is 49.2 Å². The number of nitrogens with one attached hydrogen (secondary N) is 1. The van der Waals surface area contributed by atoms with Crippen LogP contribution >= 0.6 is 0 Å². The van der Waals surface area contributed by atoms with Crippen LogP contribution < -0.4 is 0 Å². The summed E-state index contributed by atoms with van der Waals surface area (Å²) >= 11 is 0. The van der Waals surface area contributed by atoms with Crippen LogP contribution in [-0.2, 0) is 0 Å². The molecule has 1 N–H and O–H groups in total. The highest BCUT2D eigenvalue weighted by Gasteiger charge is 2.08. The van der Waals surface area contributed by atoms with Gasteiger partial charge in [0.1, 0.15) is 11.3 Å². The molecule has 0 fully saturated rings. The van der Waals surface area contributed by atoms with E-state index in [9.17, 15) is 0 Å². The zero-order valence-electron chi connectivity index (χ0n) is 10.5. The number of aromatic nitrogens is 4. The number of nitrogens with zero attached hydrogens (tertiary/aromatic N) is 3. The Kier molecular flexibility index (Phi) is 2.00. The molecule has 0 unspecified atom stereocenters. The Balaban J connectivity index is 2.00. The SMILES string of the molecule is Cc1cnc2[nH]cc(-c3ccc4nccn4c3)c2c1. The Labute approximate surface area is 109 Å². The van der Waals surface area contributed by atoms with Gasteiger partial charge in [-0.05, 0) is 30.7 Å². The van der Waals surface area contributed by atoms with Gasteiger partial charge in [0, 0.05) is 47.5 Å². The first-order valence-electron chi connectivity index (χ1n) is 6.18. The molecule has 4 aromatic rings. The maximum atomic E-state index is 4.40. The fourth-order valence-corrected chi connectivity index (χ4v) is 2.43. The van der Waals surface area contributed by atoms with Crippen molar-refractivity contribution in [2.45, 2.75) is 6.92 Å². The van der Waals surface area contributed by atoms with Gasteiger partial charge in [-0.3, -0.25) is 0 Å². The van der Waals surface area contributed by atoms with E-state index >= 15 is 0 Å². The largest absolute Gasteiger partial charge is 0.346 e. The second-order valence-corrected chi connectivity index (χ2v) is 4.72. The molecule has 92 valence electrons. The molecule has 0 aliphatic carbocycles. The Morgan fingerprint density at radius 2 is 2.16 bits per heavy atom. The molecule has 4 aromatic heterocycles. The van der Waals surface area contributed by atoms with Gasteiger partial charge in [-0.25, -0.2) is 9.97 Å². The number of pyridine rings is 2. The molecular weight excluding hydrogens is 236 g/mol. The summed E-state index contributed by atoms with van der Waals surface area (Å²) in [7, 11) is 0. The van der Waals surface area contributed by atoms with Crippen LogP contribution in [-0.4, -0.2) is 19.4 Å². The molecule has 0 saturated carbocycles. The number of imidazole rings is 1. The van der Waals surface area contributed by atoms with Gasteiger partial charge in [-0.1, -0.05) is 0 Å². The average Bonchev–Trinajstić information content (AvgIpc) is 3.03. The zero-order valence-corrected chi connectivity index (χ0v) is 10.5. The van der Waals surface area contributed by atoms with Gasteiger partial charge >= 0.3 is 0 Å². The molecule has 0 aliphatic rings. The summed E-state index contributed by atoms with van der Waals surface area (Å²) in [6.07, 6.45) is 9.74. The number of hydrogen-bond donors (Lipinski definition) is 1. The Morgan fingerprint density at radius 1 is 1.21 bits per heavy atom. The van der Waals surface area contributed by atoms with Crippen molar-refractivity contribution < 1.29 is 0 Å². The van der Waals surface area contributed by atoms with Crippen LogP contribution in [0.5, 0.6) is 0 Å². The first-order valence-corrected chi connectivity index (χ1v) is 6.18. The van der Waals surface area contributed by atoms with E-state index in [1.807, 2.05) is 29.1 Å². The molecule has 0 aromatic carbocycles. The highest BCUT2D eigenvalue weighted by Crippen LogP contribution is 2.28. The molecule has 19 heavy (non-hydrogen) atoms. The van der Waals surface area contributed by atoms with Crippen molar-refractivity contribution in [2.24, 2.45) is 0 Å². The highest BCUT2D eigenvalue weighted by molar-refractivity contribution is 5.93. The molecule has 0 saturated heterocycles. The molecule has 4 heterocycles. The van der Waals surface area contributed by atoms with Gasteiger partial charge in [0.2, 0.25) is 0 Å². The molecule has 4 heteroatoms. The first kappa shape index (κ1) is 10.3. The Morgan fingerprint density at radius 3 is 3.11 bits per heavy atom. The van der Waals surface area contributed by atoms with Gasteiger partial charge < -0.3 is 9.38 Å². The molecule has 0 radical (unpaired) electrons. The molecule has 0 amide bonds. The van der Waals surface area contributed by atoms with E-state index in [1.165, 1.54) is 5.56 Å². The summed E-state index contributed by atoms with van der Waals surface area (Å²) < 4.78 is 2.03. The minimum Gasteiger partial charge on any atom is -0.346 e. The molecule has 0 bridgehead atoms. The molecule has 4 rings (SSSR count). The normalized spacial score (nSPS) is 11.4. The third kappa shape index (κ3) is 1.53. The molecule has 0 atom stereocenters. The maximum Gasteiger partial charge on any atom is 0.137 e. The molecule has 0 aliphatic heterocycles. The molecule has 0 spiro atoms. The molecular formula is C15H12N4. The van der Waals surface area contributed by atoms with Crippen molar-refractivity contribution in [1.29, 1.82) is 0 Å². The van der Waals surface area contributed by atoms with Gasteiger partial charge in [0.05, 0.1) is 0 Å². The van der Waals surface area contributed by atoms with Crippen LogP contribution in [0, 0.1) is 6.92 Å². The summed E-state index contributed by atoms with van der Waals surface area (Å²) in [5.74, 6) is 0. The standard InChI is InChI=1S/C15H12N4/c1-10-6-12-13(8-18-15(12)17-7-10)11-2-3-14-16-4-5-19(14)9-11/h2-9H,1H3,(H,17,18). The summed E-state index contributed by atoms with van der Waals surface area (Å²) in [6, 6.07) is 6.27. The quantitative estimate of drug-likeness (QED) is 0.562. The molecule has 4 nitrogen and oxygen atoms in total. The van der Waals surface area contributed by atoms with Crippen molar-refractivity contribution in [1.82, 2.24) is 19.4 Å². The Bertz CT molecular complexity index is 885. The smallest absolute Gasteiger partial charge is 0.137 e. The van der Waals surface area contributed by atoms with E-state index in [0.29, 0.717) is 0 Å². The predicted molar refractivity (Wildman–Crippen MR) is 75.0 cm³/mol. The van der Waals surface area contributed by atoms with Gasteiger partial charge in [-0.15, -0.1) is 0 Å². The number of rotatable bonds is 1. The van der Waals surface area contributed by atoms with Crippen LogP contribution in [0.1, 0.15) is 5.56 Å². The minimum atomic E-state index is 0.923. The fraction of sp³-hybridized carbons (Fsp3) is 0.0667. The zero-order chi connectivity index (χ0) is 12.8. The number of H-pyrrole nitrogens is 1. The number of aryl methyl sites for hydroxylation is 1. The van der Waals surface area contributed by atoms with Crippen molar-refractivity contribution in [3.8, 4) is 11.1 Å². The lowest BCUT2D eigenvalue weighted by molar-refractivity contribution is 1.19. The fourth-order valence-electron chi connectivity index (χ4n) is 2.43. The van der Waals surface area contributed by atoms with Crippen LogP contribution in [0.3, 0.4) is 0 Å². The summed E-state index contributed by atoms with van der Waals surface area (Å²) in [5, 5.41) is 1.15. The number of fused-ring (bicyclic) bond motifs is 2. The topological polar surface area (TPSA) is 46.0 Å². The second-order valence-electron chi connectivity index (χ2n) is 4.72. The van der Waals surface area contributed by atoms with Crippen molar-refractivity contribution >= 4 is 16.7 Å².